The topological polar surface area (TPSA) is 67.8 Å². The molecule has 1 rings (SSSR count). The summed E-state index contributed by atoms with van der Waals surface area (Å²) in [5.41, 5.74) is 0.678. The maximum Gasteiger partial charge on any atom is 0.223 e. The number of hydrogen-bond acceptors (Lipinski definition) is 4. The Bertz CT molecular complexity index is 458. The highest BCUT2D eigenvalue weighted by Gasteiger charge is 2.17. The summed E-state index contributed by atoms with van der Waals surface area (Å²) in [6, 6.07) is 5.21. The standard InChI is InChI=1S/C16H25NO4/c1-5-11(6-2)16(19)17-10-13(18)12-7-8-14(20-3)15(9-12)21-4/h7-9,11,13,18H,5-6,10H2,1-4H3,(H,17,19). The molecule has 0 radical (unpaired) electrons. The lowest BCUT2D eigenvalue weighted by Crippen LogP contribution is -2.33. The van der Waals surface area contributed by atoms with E-state index >= 15 is 0 Å². The number of amides is 1. The van der Waals surface area contributed by atoms with E-state index in [0.717, 1.165) is 12.8 Å². The van der Waals surface area contributed by atoms with E-state index in [1.807, 2.05) is 13.8 Å². The van der Waals surface area contributed by atoms with Crippen molar-refractivity contribution in [3.63, 3.8) is 0 Å². The fraction of sp³-hybridized carbons (Fsp3) is 0.562. The van der Waals surface area contributed by atoms with Crippen LogP contribution in [0.1, 0.15) is 38.4 Å². The van der Waals surface area contributed by atoms with Crippen LogP contribution in [-0.2, 0) is 4.79 Å². The van der Waals surface area contributed by atoms with Crippen LogP contribution in [0.2, 0.25) is 0 Å². The van der Waals surface area contributed by atoms with Crippen molar-refractivity contribution in [1.82, 2.24) is 5.32 Å². The number of benzene rings is 1. The number of methoxy groups -OCH3 is 2. The first kappa shape index (κ1) is 17.3. The second kappa shape index (κ2) is 8.52. The minimum absolute atomic E-state index is 0.00241. The second-order valence-electron chi connectivity index (χ2n) is 4.89. The van der Waals surface area contributed by atoms with Crippen LogP contribution >= 0.6 is 0 Å². The van der Waals surface area contributed by atoms with Gasteiger partial charge in [-0.15, -0.1) is 0 Å². The minimum Gasteiger partial charge on any atom is -0.493 e. The van der Waals surface area contributed by atoms with E-state index in [4.69, 9.17) is 9.47 Å². The molecule has 0 aromatic heterocycles. The SMILES string of the molecule is CCC(CC)C(=O)NCC(O)c1ccc(OC)c(OC)c1. The molecule has 5 nitrogen and oxygen atoms in total. The van der Waals surface area contributed by atoms with E-state index in [9.17, 15) is 9.90 Å². The van der Waals surface area contributed by atoms with Crippen LogP contribution in [0.25, 0.3) is 0 Å². The zero-order valence-electron chi connectivity index (χ0n) is 13.2. The number of carbonyl (C=O) groups excluding carboxylic acids is 1. The van der Waals surface area contributed by atoms with E-state index in [-0.39, 0.29) is 18.4 Å². The molecule has 0 bridgehead atoms. The first-order valence-corrected chi connectivity index (χ1v) is 7.24. The molecule has 1 aromatic carbocycles. The zero-order valence-corrected chi connectivity index (χ0v) is 13.2. The minimum atomic E-state index is -0.775. The van der Waals surface area contributed by atoms with Crippen LogP contribution < -0.4 is 14.8 Å². The molecule has 0 saturated carbocycles. The van der Waals surface area contributed by atoms with Gasteiger partial charge in [0.15, 0.2) is 11.5 Å². The largest absolute Gasteiger partial charge is 0.493 e. The van der Waals surface area contributed by atoms with Crippen molar-refractivity contribution in [2.24, 2.45) is 5.92 Å². The maximum absolute atomic E-state index is 11.9. The van der Waals surface area contributed by atoms with Gasteiger partial charge in [0.2, 0.25) is 5.91 Å². The monoisotopic (exact) mass is 295 g/mol. The molecule has 0 spiro atoms. The summed E-state index contributed by atoms with van der Waals surface area (Å²) >= 11 is 0. The van der Waals surface area contributed by atoms with Crippen molar-refractivity contribution in [1.29, 1.82) is 0 Å². The van der Waals surface area contributed by atoms with Gasteiger partial charge in [0.05, 0.1) is 20.3 Å². The van der Waals surface area contributed by atoms with Crippen molar-refractivity contribution >= 4 is 5.91 Å². The molecule has 1 atom stereocenters. The normalized spacial score (nSPS) is 12.1. The van der Waals surface area contributed by atoms with Crippen molar-refractivity contribution < 1.29 is 19.4 Å². The maximum atomic E-state index is 11.9. The van der Waals surface area contributed by atoms with Crippen LogP contribution in [0.15, 0.2) is 18.2 Å². The summed E-state index contributed by atoms with van der Waals surface area (Å²) in [5, 5.41) is 13.0. The number of hydrogen-bond donors (Lipinski definition) is 2. The fourth-order valence-corrected chi connectivity index (χ4v) is 2.18. The highest BCUT2D eigenvalue weighted by atomic mass is 16.5. The van der Waals surface area contributed by atoms with Gasteiger partial charge in [0.25, 0.3) is 0 Å². The Kier molecular flexibility index (Phi) is 7.02. The molecule has 0 aliphatic carbocycles. The third-order valence-electron chi connectivity index (χ3n) is 3.62. The van der Waals surface area contributed by atoms with E-state index < -0.39 is 6.10 Å². The molecule has 2 N–H and O–H groups in total. The molecule has 0 fully saturated rings. The van der Waals surface area contributed by atoms with E-state index in [2.05, 4.69) is 5.32 Å². The Morgan fingerprint density at radius 1 is 1.19 bits per heavy atom. The Hall–Kier alpha value is -1.75. The average molecular weight is 295 g/mol. The number of aliphatic hydroxyl groups excluding tert-OH is 1. The highest BCUT2D eigenvalue weighted by Crippen LogP contribution is 2.29. The Balaban J connectivity index is 2.67. The molecule has 1 aromatic rings. The molecule has 0 heterocycles. The zero-order chi connectivity index (χ0) is 15.8. The summed E-state index contributed by atoms with van der Waals surface area (Å²) < 4.78 is 10.4. The molecule has 1 unspecified atom stereocenters. The fourth-order valence-electron chi connectivity index (χ4n) is 2.18. The van der Waals surface area contributed by atoms with Crippen molar-refractivity contribution in [3.05, 3.63) is 23.8 Å². The molecule has 0 aliphatic rings. The first-order chi connectivity index (χ1) is 10.1. The van der Waals surface area contributed by atoms with Gasteiger partial charge < -0.3 is 19.9 Å². The number of rotatable bonds is 8. The van der Waals surface area contributed by atoms with Crippen LogP contribution in [0.4, 0.5) is 0 Å². The van der Waals surface area contributed by atoms with Gasteiger partial charge in [0, 0.05) is 12.5 Å². The molecule has 21 heavy (non-hydrogen) atoms. The number of carbonyl (C=O) groups is 1. The first-order valence-electron chi connectivity index (χ1n) is 7.24. The molecule has 0 aliphatic heterocycles. The van der Waals surface area contributed by atoms with E-state index in [1.54, 1.807) is 32.4 Å². The second-order valence-corrected chi connectivity index (χ2v) is 4.89. The summed E-state index contributed by atoms with van der Waals surface area (Å²) in [6.45, 7) is 4.15. The smallest absolute Gasteiger partial charge is 0.223 e. The molecular formula is C16H25NO4. The third-order valence-corrected chi connectivity index (χ3v) is 3.62. The lowest BCUT2D eigenvalue weighted by molar-refractivity contribution is -0.125. The van der Waals surface area contributed by atoms with Gasteiger partial charge in [-0.2, -0.15) is 0 Å². The summed E-state index contributed by atoms with van der Waals surface area (Å²) in [5.74, 6) is 1.15. The van der Waals surface area contributed by atoms with Gasteiger partial charge in [-0.1, -0.05) is 19.9 Å². The van der Waals surface area contributed by atoms with Gasteiger partial charge >= 0.3 is 0 Å². The van der Waals surface area contributed by atoms with Crippen LogP contribution in [0.5, 0.6) is 11.5 Å². The van der Waals surface area contributed by atoms with Crippen LogP contribution in [0.3, 0.4) is 0 Å². The Morgan fingerprint density at radius 2 is 1.81 bits per heavy atom. The number of ether oxygens (including phenoxy) is 2. The summed E-state index contributed by atoms with van der Waals surface area (Å²) in [6.07, 6.45) is 0.826. The molecule has 0 saturated heterocycles. The van der Waals surface area contributed by atoms with E-state index in [1.165, 1.54) is 0 Å². The third kappa shape index (κ3) is 4.63. The van der Waals surface area contributed by atoms with Crippen LogP contribution in [-0.4, -0.2) is 31.8 Å². The van der Waals surface area contributed by atoms with Gasteiger partial charge in [0.1, 0.15) is 0 Å². The average Bonchev–Trinajstić information content (AvgIpc) is 2.52. The summed E-state index contributed by atoms with van der Waals surface area (Å²) in [7, 11) is 3.10. The quantitative estimate of drug-likeness (QED) is 0.772. The van der Waals surface area contributed by atoms with Crippen molar-refractivity contribution in [2.75, 3.05) is 20.8 Å². The predicted molar refractivity (Wildman–Crippen MR) is 81.6 cm³/mol. The Morgan fingerprint density at radius 3 is 2.33 bits per heavy atom. The van der Waals surface area contributed by atoms with Crippen molar-refractivity contribution in [3.8, 4) is 11.5 Å². The molecule has 1 amide bonds. The lowest BCUT2D eigenvalue weighted by Gasteiger charge is -2.17. The predicted octanol–water partition coefficient (Wildman–Crippen LogP) is 2.29. The van der Waals surface area contributed by atoms with Crippen LogP contribution in [0, 0.1) is 5.92 Å². The highest BCUT2D eigenvalue weighted by molar-refractivity contribution is 5.78. The molecule has 118 valence electrons. The molecular weight excluding hydrogens is 270 g/mol. The van der Waals surface area contributed by atoms with Gasteiger partial charge in [-0.3, -0.25) is 4.79 Å². The van der Waals surface area contributed by atoms with Gasteiger partial charge in [-0.25, -0.2) is 0 Å². The number of nitrogens with one attached hydrogen (secondary N) is 1. The van der Waals surface area contributed by atoms with E-state index in [0.29, 0.717) is 17.1 Å². The summed E-state index contributed by atoms with van der Waals surface area (Å²) in [4.78, 5) is 11.9. The number of aliphatic hydroxyl groups is 1. The van der Waals surface area contributed by atoms with Gasteiger partial charge in [-0.05, 0) is 30.5 Å². The Labute approximate surface area is 126 Å². The lowest BCUT2D eigenvalue weighted by atomic mass is 10.0. The van der Waals surface area contributed by atoms with Crippen molar-refractivity contribution in [2.45, 2.75) is 32.8 Å². The molecule has 5 heteroatoms.